The van der Waals surface area contributed by atoms with Gasteiger partial charge in [0.15, 0.2) is 5.69 Å². The quantitative estimate of drug-likeness (QED) is 0.742. The number of methoxy groups -OCH3 is 1. The van der Waals surface area contributed by atoms with Gasteiger partial charge in [-0.3, -0.25) is 0 Å². The van der Waals surface area contributed by atoms with E-state index in [2.05, 4.69) is 0 Å². The van der Waals surface area contributed by atoms with Gasteiger partial charge in [0.2, 0.25) is 0 Å². The van der Waals surface area contributed by atoms with E-state index >= 15 is 0 Å². The fraction of sp³-hybridized carbons (Fsp3) is 0.100. The molecule has 3 rings (SSSR count). The van der Waals surface area contributed by atoms with E-state index in [4.69, 9.17) is 10.5 Å². The first-order valence-corrected chi connectivity index (χ1v) is 7.73. The molecule has 0 saturated carbocycles. The van der Waals surface area contributed by atoms with E-state index in [-0.39, 0.29) is 16.9 Å². The number of hydrogen-bond acceptors (Lipinski definition) is 4. The molecule has 124 valence electrons. The molecular weight excluding hydrogens is 314 g/mol. The zero-order valence-electron chi connectivity index (χ0n) is 14.0. The highest BCUT2D eigenvalue weighted by Crippen LogP contribution is 2.32. The van der Waals surface area contributed by atoms with Gasteiger partial charge in [0, 0.05) is 11.8 Å². The van der Waals surface area contributed by atoms with Crippen molar-refractivity contribution in [2.75, 3.05) is 12.8 Å². The molecule has 0 unspecified atom stereocenters. The van der Waals surface area contributed by atoms with Crippen LogP contribution in [0.1, 0.15) is 21.6 Å². The number of hydrogen-bond donors (Lipinski definition) is 1. The molecule has 2 aromatic carbocycles. The fourth-order valence-electron chi connectivity index (χ4n) is 2.89. The van der Waals surface area contributed by atoms with Gasteiger partial charge >= 0.3 is 5.97 Å². The van der Waals surface area contributed by atoms with Crippen molar-refractivity contribution in [2.45, 2.75) is 6.92 Å². The third-order valence-electron chi connectivity index (χ3n) is 4.14. The predicted octanol–water partition coefficient (Wildman–Crippen LogP) is 3.69. The molecule has 0 bridgehead atoms. The number of ether oxygens (including phenoxy) is 1. The Labute approximate surface area is 145 Å². The SMILES string of the molecule is COC(=O)c1c(N)c(C#N)cn1-c1ccccc1-c1ccccc1C. The topological polar surface area (TPSA) is 81.0 Å². The van der Waals surface area contributed by atoms with Gasteiger partial charge in [-0.1, -0.05) is 42.5 Å². The summed E-state index contributed by atoms with van der Waals surface area (Å²) in [5, 5.41) is 9.29. The molecule has 5 heteroatoms. The Balaban J connectivity index is 2.31. The lowest BCUT2D eigenvalue weighted by atomic mass is 9.99. The predicted molar refractivity (Wildman–Crippen MR) is 96.4 cm³/mol. The number of nitrogens with two attached hydrogens (primary N) is 1. The van der Waals surface area contributed by atoms with Crippen LogP contribution >= 0.6 is 0 Å². The van der Waals surface area contributed by atoms with Gasteiger partial charge < -0.3 is 15.0 Å². The van der Waals surface area contributed by atoms with Crippen molar-refractivity contribution in [3.63, 3.8) is 0 Å². The Morgan fingerprint density at radius 2 is 1.76 bits per heavy atom. The minimum absolute atomic E-state index is 0.119. The number of aryl methyl sites for hydroxylation is 1. The highest BCUT2D eigenvalue weighted by molar-refractivity contribution is 5.96. The average Bonchev–Trinajstić information content (AvgIpc) is 2.98. The van der Waals surface area contributed by atoms with E-state index in [1.807, 2.05) is 61.5 Å². The number of nitriles is 1. The number of anilines is 1. The molecule has 0 fully saturated rings. The summed E-state index contributed by atoms with van der Waals surface area (Å²) in [7, 11) is 1.29. The number of carbonyl (C=O) groups is 1. The second kappa shape index (κ2) is 6.54. The van der Waals surface area contributed by atoms with Gasteiger partial charge in [-0.05, 0) is 24.1 Å². The molecule has 5 nitrogen and oxygen atoms in total. The Bertz CT molecular complexity index is 996. The van der Waals surface area contributed by atoms with E-state index < -0.39 is 5.97 Å². The molecule has 0 atom stereocenters. The molecule has 0 aliphatic heterocycles. The lowest BCUT2D eigenvalue weighted by molar-refractivity contribution is 0.0593. The first-order chi connectivity index (χ1) is 12.1. The monoisotopic (exact) mass is 331 g/mol. The number of carbonyl (C=O) groups excluding carboxylic acids is 1. The van der Waals surface area contributed by atoms with Crippen LogP contribution in [0.5, 0.6) is 0 Å². The van der Waals surface area contributed by atoms with Gasteiger partial charge in [-0.15, -0.1) is 0 Å². The van der Waals surface area contributed by atoms with Crippen LogP contribution < -0.4 is 5.73 Å². The molecule has 1 aromatic heterocycles. The van der Waals surface area contributed by atoms with Crippen molar-refractivity contribution in [3.05, 3.63) is 71.5 Å². The Hall–Kier alpha value is -3.52. The van der Waals surface area contributed by atoms with Gasteiger partial charge in [0.05, 0.1) is 24.0 Å². The van der Waals surface area contributed by atoms with Crippen molar-refractivity contribution in [1.82, 2.24) is 4.57 Å². The average molecular weight is 331 g/mol. The molecule has 0 radical (unpaired) electrons. The standard InChI is InChI=1S/C20H17N3O2/c1-13-7-3-4-8-15(13)16-9-5-6-10-17(16)23-12-14(11-21)18(22)19(23)20(24)25-2/h3-10,12H,22H2,1-2H3. The summed E-state index contributed by atoms with van der Waals surface area (Å²) in [6, 6.07) is 17.7. The number of para-hydroxylation sites is 1. The van der Waals surface area contributed by atoms with Crippen LogP contribution in [0.3, 0.4) is 0 Å². The Kier molecular flexibility index (Phi) is 4.27. The summed E-state index contributed by atoms with van der Waals surface area (Å²) >= 11 is 0. The Morgan fingerprint density at radius 1 is 1.12 bits per heavy atom. The highest BCUT2D eigenvalue weighted by atomic mass is 16.5. The summed E-state index contributed by atoms with van der Waals surface area (Å²) < 4.78 is 6.48. The second-order valence-corrected chi connectivity index (χ2v) is 5.61. The maximum Gasteiger partial charge on any atom is 0.357 e. The molecule has 2 N–H and O–H groups in total. The van der Waals surface area contributed by atoms with E-state index in [1.165, 1.54) is 7.11 Å². The number of nitrogen functional groups attached to an aromatic ring is 1. The molecule has 0 aliphatic rings. The van der Waals surface area contributed by atoms with Crippen molar-refractivity contribution in [3.8, 4) is 22.9 Å². The summed E-state index contributed by atoms with van der Waals surface area (Å²) in [4.78, 5) is 12.2. The van der Waals surface area contributed by atoms with Crippen LogP contribution in [0.2, 0.25) is 0 Å². The van der Waals surface area contributed by atoms with Crippen molar-refractivity contribution in [2.24, 2.45) is 0 Å². The summed E-state index contributed by atoms with van der Waals surface area (Å²) in [5.41, 5.74) is 10.3. The molecule has 3 aromatic rings. The lowest BCUT2D eigenvalue weighted by Gasteiger charge is -2.15. The number of nitrogens with zero attached hydrogens (tertiary/aromatic N) is 2. The maximum absolute atomic E-state index is 12.2. The van der Waals surface area contributed by atoms with E-state index in [1.54, 1.807) is 10.8 Å². The van der Waals surface area contributed by atoms with Crippen LogP contribution in [0, 0.1) is 18.3 Å². The summed E-state index contributed by atoms with van der Waals surface area (Å²) in [6.07, 6.45) is 1.57. The largest absolute Gasteiger partial charge is 0.464 e. The number of rotatable bonds is 3. The first kappa shape index (κ1) is 16.3. The molecule has 0 spiro atoms. The molecule has 1 heterocycles. The van der Waals surface area contributed by atoms with Crippen LogP contribution in [-0.2, 0) is 4.74 Å². The summed E-state index contributed by atoms with van der Waals surface area (Å²) in [5.74, 6) is -0.585. The second-order valence-electron chi connectivity index (χ2n) is 5.61. The van der Waals surface area contributed by atoms with Gasteiger partial charge in [0.25, 0.3) is 0 Å². The van der Waals surface area contributed by atoms with Crippen molar-refractivity contribution >= 4 is 11.7 Å². The normalized spacial score (nSPS) is 10.3. The number of aromatic nitrogens is 1. The first-order valence-electron chi connectivity index (χ1n) is 7.73. The van der Waals surface area contributed by atoms with Crippen LogP contribution in [0.4, 0.5) is 5.69 Å². The highest BCUT2D eigenvalue weighted by Gasteiger charge is 2.23. The number of esters is 1. The smallest absolute Gasteiger partial charge is 0.357 e. The lowest BCUT2D eigenvalue weighted by Crippen LogP contribution is -2.11. The molecule has 0 aliphatic carbocycles. The fourth-order valence-corrected chi connectivity index (χ4v) is 2.89. The third-order valence-corrected chi connectivity index (χ3v) is 4.14. The van der Waals surface area contributed by atoms with Crippen LogP contribution in [0.25, 0.3) is 16.8 Å². The maximum atomic E-state index is 12.2. The summed E-state index contributed by atoms with van der Waals surface area (Å²) in [6.45, 7) is 2.03. The van der Waals surface area contributed by atoms with Crippen molar-refractivity contribution < 1.29 is 9.53 Å². The van der Waals surface area contributed by atoms with Gasteiger partial charge in [-0.2, -0.15) is 5.26 Å². The minimum Gasteiger partial charge on any atom is -0.464 e. The van der Waals surface area contributed by atoms with E-state index in [0.717, 1.165) is 22.4 Å². The molecule has 25 heavy (non-hydrogen) atoms. The number of benzene rings is 2. The molecular formula is C20H17N3O2. The van der Waals surface area contributed by atoms with Gasteiger partial charge in [-0.25, -0.2) is 4.79 Å². The van der Waals surface area contributed by atoms with Gasteiger partial charge in [0.1, 0.15) is 6.07 Å². The van der Waals surface area contributed by atoms with E-state index in [9.17, 15) is 10.1 Å². The molecule has 0 amide bonds. The molecule has 0 saturated heterocycles. The zero-order valence-corrected chi connectivity index (χ0v) is 14.0. The van der Waals surface area contributed by atoms with Crippen LogP contribution in [-0.4, -0.2) is 17.6 Å². The minimum atomic E-state index is -0.585. The Morgan fingerprint density at radius 3 is 2.40 bits per heavy atom. The van der Waals surface area contributed by atoms with E-state index in [0.29, 0.717) is 0 Å². The zero-order chi connectivity index (χ0) is 18.0. The third kappa shape index (κ3) is 2.74. The van der Waals surface area contributed by atoms with Crippen molar-refractivity contribution in [1.29, 1.82) is 5.26 Å². The van der Waals surface area contributed by atoms with Crippen LogP contribution in [0.15, 0.2) is 54.7 Å².